The number of hydrogen-bond donors (Lipinski definition) is 1. The van der Waals surface area contributed by atoms with Crippen LogP contribution in [0.4, 0.5) is 0 Å². The van der Waals surface area contributed by atoms with Gasteiger partial charge in [0.15, 0.2) is 5.60 Å². The fourth-order valence-electron chi connectivity index (χ4n) is 3.90. The molecule has 6 nitrogen and oxygen atoms in total. The molecule has 1 N–H and O–H groups in total. The van der Waals surface area contributed by atoms with Crippen molar-refractivity contribution < 1.29 is 14.3 Å². The summed E-state index contributed by atoms with van der Waals surface area (Å²) in [5.41, 5.74) is 0.944. The second-order valence-corrected chi connectivity index (χ2v) is 7.40. The second kappa shape index (κ2) is 4.43. The number of rotatable bonds is 2. The third-order valence-corrected chi connectivity index (χ3v) is 6.21. The SMILES string of the molecule is CN1CCN(NC(=O)[C@@]23CC[C@@](C)(C(=O)O2)C3(C)C)CC1. The van der Waals surface area contributed by atoms with E-state index in [-0.39, 0.29) is 11.9 Å². The molecule has 0 radical (unpaired) electrons. The largest absolute Gasteiger partial charge is 0.448 e. The molecule has 21 heavy (non-hydrogen) atoms. The minimum absolute atomic E-state index is 0.161. The molecular formula is C15H25N3O3. The van der Waals surface area contributed by atoms with Gasteiger partial charge in [0.05, 0.1) is 5.41 Å². The second-order valence-electron chi connectivity index (χ2n) is 7.40. The Kier molecular flexibility index (Phi) is 3.12. The van der Waals surface area contributed by atoms with Gasteiger partial charge in [0.1, 0.15) is 0 Å². The van der Waals surface area contributed by atoms with Gasteiger partial charge in [0.25, 0.3) is 5.91 Å². The molecule has 0 unspecified atom stereocenters. The summed E-state index contributed by atoms with van der Waals surface area (Å²) in [4.78, 5) is 27.3. The number of carbonyl (C=O) groups excluding carboxylic acids is 2. The topological polar surface area (TPSA) is 61.9 Å². The summed E-state index contributed by atoms with van der Waals surface area (Å²) in [6.45, 7) is 9.33. The standard InChI is InChI=1S/C15H25N3O3/c1-13(2)14(3)5-6-15(13,21-12(14)20)11(19)16-18-9-7-17(4)8-10-18/h5-10H2,1-4H3,(H,16,19)/t14-,15+/m0/s1. The first-order chi connectivity index (χ1) is 9.73. The number of likely N-dealkylation sites (N-methyl/N-ethyl adjacent to an activating group) is 1. The minimum atomic E-state index is -1.01. The minimum Gasteiger partial charge on any atom is -0.448 e. The average Bonchev–Trinajstić information content (AvgIpc) is 2.72. The third-order valence-electron chi connectivity index (χ3n) is 6.21. The van der Waals surface area contributed by atoms with Crippen LogP contribution in [0.25, 0.3) is 0 Å². The average molecular weight is 295 g/mol. The van der Waals surface area contributed by atoms with Crippen molar-refractivity contribution in [1.82, 2.24) is 15.3 Å². The zero-order valence-corrected chi connectivity index (χ0v) is 13.4. The highest BCUT2D eigenvalue weighted by molar-refractivity contribution is 5.96. The first kappa shape index (κ1) is 14.8. The first-order valence-corrected chi connectivity index (χ1v) is 7.71. The quantitative estimate of drug-likeness (QED) is 0.747. The molecule has 2 atom stereocenters. The van der Waals surface area contributed by atoms with Crippen LogP contribution in [0, 0.1) is 10.8 Å². The van der Waals surface area contributed by atoms with E-state index in [4.69, 9.17) is 4.74 Å². The Bertz CT molecular complexity index is 485. The molecule has 118 valence electrons. The van der Waals surface area contributed by atoms with Gasteiger partial charge in [-0.15, -0.1) is 0 Å². The highest BCUT2D eigenvalue weighted by atomic mass is 16.6. The van der Waals surface area contributed by atoms with E-state index in [0.29, 0.717) is 6.42 Å². The summed E-state index contributed by atoms with van der Waals surface area (Å²) in [6.07, 6.45) is 1.33. The molecule has 3 aliphatic rings. The normalized spacial score (nSPS) is 39.3. The molecule has 6 heteroatoms. The molecular weight excluding hydrogens is 270 g/mol. The number of ether oxygens (including phenoxy) is 1. The maximum Gasteiger partial charge on any atom is 0.313 e. The molecule has 2 aliphatic heterocycles. The smallest absolute Gasteiger partial charge is 0.313 e. The lowest BCUT2D eigenvalue weighted by atomic mass is 9.66. The van der Waals surface area contributed by atoms with Gasteiger partial charge in [-0.25, -0.2) is 5.01 Å². The number of piperazine rings is 1. The number of carbonyl (C=O) groups is 2. The van der Waals surface area contributed by atoms with Gasteiger partial charge < -0.3 is 9.64 Å². The molecule has 1 aliphatic carbocycles. The van der Waals surface area contributed by atoms with Crippen LogP contribution in [-0.2, 0) is 14.3 Å². The molecule has 0 aromatic carbocycles. The van der Waals surface area contributed by atoms with Crippen LogP contribution >= 0.6 is 0 Å². The van der Waals surface area contributed by atoms with Gasteiger partial charge >= 0.3 is 5.97 Å². The summed E-state index contributed by atoms with van der Waals surface area (Å²) in [6, 6.07) is 0. The van der Waals surface area contributed by atoms with Gasteiger partial charge in [-0.3, -0.25) is 15.0 Å². The maximum atomic E-state index is 12.8. The van der Waals surface area contributed by atoms with Crippen molar-refractivity contribution in [2.24, 2.45) is 10.8 Å². The molecule has 1 saturated carbocycles. The van der Waals surface area contributed by atoms with Gasteiger partial charge in [-0.1, -0.05) is 13.8 Å². The number of nitrogens with one attached hydrogen (secondary N) is 1. The van der Waals surface area contributed by atoms with E-state index in [1.165, 1.54) is 0 Å². The molecule has 3 rings (SSSR count). The van der Waals surface area contributed by atoms with Crippen LogP contribution in [0.5, 0.6) is 0 Å². The van der Waals surface area contributed by atoms with Crippen LogP contribution in [0.2, 0.25) is 0 Å². The van der Waals surface area contributed by atoms with Crippen LogP contribution in [0.15, 0.2) is 0 Å². The first-order valence-electron chi connectivity index (χ1n) is 7.71. The summed E-state index contributed by atoms with van der Waals surface area (Å²) in [5.74, 6) is -0.390. The Morgan fingerprint density at radius 3 is 2.24 bits per heavy atom. The highest BCUT2D eigenvalue weighted by Gasteiger charge is 2.75. The molecule has 2 saturated heterocycles. The van der Waals surface area contributed by atoms with E-state index in [9.17, 15) is 9.59 Å². The van der Waals surface area contributed by atoms with Gasteiger partial charge in [0.2, 0.25) is 0 Å². The molecule has 1 amide bonds. The molecule has 0 aromatic heterocycles. The van der Waals surface area contributed by atoms with Crippen molar-refractivity contribution in [2.75, 3.05) is 33.2 Å². The van der Waals surface area contributed by atoms with E-state index < -0.39 is 16.4 Å². The van der Waals surface area contributed by atoms with Gasteiger partial charge in [0, 0.05) is 31.6 Å². The number of hydrazine groups is 1. The van der Waals surface area contributed by atoms with E-state index >= 15 is 0 Å². The number of nitrogens with zero attached hydrogens (tertiary/aromatic N) is 2. The van der Waals surface area contributed by atoms with E-state index in [2.05, 4.69) is 17.4 Å². The van der Waals surface area contributed by atoms with Crippen molar-refractivity contribution in [3.05, 3.63) is 0 Å². The Balaban J connectivity index is 1.77. The zero-order valence-electron chi connectivity index (χ0n) is 13.4. The summed E-state index contributed by atoms with van der Waals surface area (Å²) in [5, 5.41) is 1.94. The highest BCUT2D eigenvalue weighted by Crippen LogP contribution is 2.65. The fraction of sp³-hybridized carbons (Fsp3) is 0.867. The Morgan fingerprint density at radius 1 is 1.14 bits per heavy atom. The number of fused-ring (bicyclic) bond motifs is 2. The monoisotopic (exact) mass is 295 g/mol. The Labute approximate surface area is 125 Å². The summed E-state index contributed by atoms with van der Waals surface area (Å²) < 4.78 is 5.60. The van der Waals surface area contributed by atoms with Crippen molar-refractivity contribution in [2.45, 2.75) is 39.2 Å². The predicted octanol–water partition coefficient (Wildman–Crippen LogP) is 0.387. The fourth-order valence-corrected chi connectivity index (χ4v) is 3.90. The predicted molar refractivity (Wildman–Crippen MR) is 77.2 cm³/mol. The van der Waals surface area contributed by atoms with Crippen molar-refractivity contribution >= 4 is 11.9 Å². The number of hydrogen-bond acceptors (Lipinski definition) is 5. The van der Waals surface area contributed by atoms with Crippen LogP contribution in [0.1, 0.15) is 33.6 Å². The van der Waals surface area contributed by atoms with E-state index in [1.807, 2.05) is 25.8 Å². The maximum absolute atomic E-state index is 12.8. The zero-order chi connectivity index (χ0) is 15.5. The van der Waals surface area contributed by atoms with Crippen molar-refractivity contribution in [3.8, 4) is 0 Å². The van der Waals surface area contributed by atoms with E-state index in [1.54, 1.807) is 0 Å². The summed E-state index contributed by atoms with van der Waals surface area (Å²) >= 11 is 0. The molecule has 2 heterocycles. The Hall–Kier alpha value is -1.14. The lowest BCUT2D eigenvalue weighted by Crippen LogP contribution is -2.60. The molecule has 0 aromatic rings. The molecule has 0 spiro atoms. The van der Waals surface area contributed by atoms with E-state index in [0.717, 1.165) is 32.6 Å². The molecule has 2 bridgehead atoms. The lowest BCUT2D eigenvalue weighted by Gasteiger charge is -2.38. The van der Waals surface area contributed by atoms with Crippen LogP contribution in [-0.4, -0.2) is 60.6 Å². The molecule has 3 fully saturated rings. The Morgan fingerprint density at radius 2 is 1.76 bits per heavy atom. The van der Waals surface area contributed by atoms with Crippen LogP contribution in [0.3, 0.4) is 0 Å². The number of amides is 1. The van der Waals surface area contributed by atoms with Crippen LogP contribution < -0.4 is 5.43 Å². The van der Waals surface area contributed by atoms with Crippen molar-refractivity contribution in [3.63, 3.8) is 0 Å². The van der Waals surface area contributed by atoms with Crippen molar-refractivity contribution in [1.29, 1.82) is 0 Å². The van der Waals surface area contributed by atoms with Gasteiger partial charge in [-0.2, -0.15) is 0 Å². The third kappa shape index (κ3) is 1.78. The number of esters is 1. The summed E-state index contributed by atoms with van der Waals surface area (Å²) in [7, 11) is 2.07. The lowest BCUT2D eigenvalue weighted by molar-refractivity contribution is -0.171. The van der Waals surface area contributed by atoms with Gasteiger partial charge in [-0.05, 0) is 26.8 Å².